The molecule has 0 aromatic heterocycles. The summed E-state index contributed by atoms with van der Waals surface area (Å²) in [5, 5.41) is 3.39. The molecule has 2 rings (SSSR count). The molecule has 4 heteroatoms. The average molecular weight is 352 g/mol. The number of hydrogen-bond donors (Lipinski definition) is 1. The Morgan fingerprint density at radius 2 is 1.86 bits per heavy atom. The molecule has 21 heavy (non-hydrogen) atoms. The van der Waals surface area contributed by atoms with Gasteiger partial charge in [0.15, 0.2) is 0 Å². The third kappa shape index (κ3) is 5.14. The van der Waals surface area contributed by atoms with E-state index in [2.05, 4.69) is 35.1 Å². The van der Waals surface area contributed by atoms with Gasteiger partial charge in [-0.1, -0.05) is 26.0 Å². The second kappa shape index (κ2) is 7.57. The van der Waals surface area contributed by atoms with E-state index < -0.39 is 0 Å². The number of halogens is 2. The summed E-state index contributed by atoms with van der Waals surface area (Å²) < 4.78 is 19.6. The molecule has 2 aromatic carbocycles. The standard InChI is InChI=1S/C17H19BrFNO/c1-12(2)10-20-11-13-3-6-15(7-4-13)21-17-9-14(19)5-8-16(17)18/h3-9,12,20H,10-11H2,1-2H3. The number of rotatable bonds is 6. The van der Waals surface area contributed by atoms with Crippen LogP contribution >= 0.6 is 15.9 Å². The van der Waals surface area contributed by atoms with E-state index in [4.69, 9.17) is 4.74 Å². The van der Waals surface area contributed by atoms with Crippen LogP contribution in [0.15, 0.2) is 46.9 Å². The maximum absolute atomic E-state index is 13.2. The van der Waals surface area contributed by atoms with Crippen molar-refractivity contribution >= 4 is 15.9 Å². The smallest absolute Gasteiger partial charge is 0.144 e. The molecule has 0 spiro atoms. The summed E-state index contributed by atoms with van der Waals surface area (Å²) in [6.07, 6.45) is 0. The highest BCUT2D eigenvalue weighted by Gasteiger charge is 2.04. The van der Waals surface area contributed by atoms with E-state index in [1.165, 1.54) is 17.7 Å². The van der Waals surface area contributed by atoms with Gasteiger partial charge in [-0.25, -0.2) is 4.39 Å². The van der Waals surface area contributed by atoms with E-state index >= 15 is 0 Å². The van der Waals surface area contributed by atoms with Crippen LogP contribution < -0.4 is 10.1 Å². The molecule has 0 bridgehead atoms. The first-order valence-electron chi connectivity index (χ1n) is 6.97. The largest absolute Gasteiger partial charge is 0.456 e. The van der Waals surface area contributed by atoms with Crippen LogP contribution in [0.25, 0.3) is 0 Å². The summed E-state index contributed by atoms with van der Waals surface area (Å²) in [6, 6.07) is 12.2. The zero-order valence-corrected chi connectivity index (χ0v) is 13.8. The lowest BCUT2D eigenvalue weighted by molar-refractivity contribution is 0.473. The number of nitrogens with one attached hydrogen (secondary N) is 1. The first-order valence-corrected chi connectivity index (χ1v) is 7.76. The van der Waals surface area contributed by atoms with Gasteiger partial charge in [-0.15, -0.1) is 0 Å². The van der Waals surface area contributed by atoms with Gasteiger partial charge in [-0.3, -0.25) is 0 Å². The maximum Gasteiger partial charge on any atom is 0.144 e. The minimum absolute atomic E-state index is 0.317. The summed E-state index contributed by atoms with van der Waals surface area (Å²) in [4.78, 5) is 0. The molecule has 1 N–H and O–H groups in total. The van der Waals surface area contributed by atoms with Crippen LogP contribution in [0.2, 0.25) is 0 Å². The minimum atomic E-state index is -0.317. The summed E-state index contributed by atoms with van der Waals surface area (Å²) in [6.45, 7) is 6.19. The van der Waals surface area contributed by atoms with E-state index in [0.29, 0.717) is 17.4 Å². The highest BCUT2D eigenvalue weighted by Crippen LogP contribution is 2.30. The van der Waals surface area contributed by atoms with Gasteiger partial charge in [-0.2, -0.15) is 0 Å². The van der Waals surface area contributed by atoms with Crippen molar-refractivity contribution in [2.24, 2.45) is 5.92 Å². The van der Waals surface area contributed by atoms with Crippen LogP contribution in [0.5, 0.6) is 11.5 Å². The monoisotopic (exact) mass is 351 g/mol. The van der Waals surface area contributed by atoms with E-state index in [9.17, 15) is 4.39 Å². The lowest BCUT2D eigenvalue weighted by Crippen LogP contribution is -2.18. The van der Waals surface area contributed by atoms with E-state index in [-0.39, 0.29) is 5.82 Å². The fourth-order valence-corrected chi connectivity index (χ4v) is 2.19. The van der Waals surface area contributed by atoms with Crippen molar-refractivity contribution in [1.82, 2.24) is 5.32 Å². The number of ether oxygens (including phenoxy) is 1. The van der Waals surface area contributed by atoms with E-state index in [1.807, 2.05) is 24.3 Å². The Hall–Kier alpha value is -1.39. The highest BCUT2D eigenvalue weighted by molar-refractivity contribution is 9.10. The predicted molar refractivity (Wildman–Crippen MR) is 87.2 cm³/mol. The van der Waals surface area contributed by atoms with Gasteiger partial charge in [0.1, 0.15) is 17.3 Å². The Balaban J connectivity index is 1.97. The quantitative estimate of drug-likeness (QED) is 0.779. The predicted octanol–water partition coefficient (Wildman–Crippen LogP) is 5.13. The Labute approximate surface area is 133 Å². The lowest BCUT2D eigenvalue weighted by atomic mass is 10.2. The van der Waals surface area contributed by atoms with Crippen molar-refractivity contribution in [3.63, 3.8) is 0 Å². The van der Waals surface area contributed by atoms with Crippen molar-refractivity contribution in [2.75, 3.05) is 6.54 Å². The summed E-state index contributed by atoms with van der Waals surface area (Å²) in [7, 11) is 0. The SMILES string of the molecule is CC(C)CNCc1ccc(Oc2cc(F)ccc2Br)cc1. The van der Waals surface area contributed by atoms with Crippen molar-refractivity contribution in [3.8, 4) is 11.5 Å². The second-order valence-electron chi connectivity index (χ2n) is 5.35. The Morgan fingerprint density at radius 3 is 2.52 bits per heavy atom. The minimum Gasteiger partial charge on any atom is -0.456 e. The molecule has 112 valence electrons. The van der Waals surface area contributed by atoms with Gasteiger partial charge in [0.2, 0.25) is 0 Å². The molecule has 0 heterocycles. The van der Waals surface area contributed by atoms with Crippen LogP contribution in [-0.2, 0) is 6.54 Å². The van der Waals surface area contributed by atoms with Gasteiger partial charge in [0.05, 0.1) is 4.47 Å². The Morgan fingerprint density at radius 1 is 1.14 bits per heavy atom. The Bertz CT molecular complexity index is 584. The number of hydrogen-bond acceptors (Lipinski definition) is 2. The molecule has 0 atom stereocenters. The molecule has 2 aromatic rings. The van der Waals surface area contributed by atoms with Crippen molar-refractivity contribution in [3.05, 3.63) is 58.3 Å². The molecule has 0 aliphatic rings. The highest BCUT2D eigenvalue weighted by atomic mass is 79.9. The van der Waals surface area contributed by atoms with E-state index in [0.717, 1.165) is 17.6 Å². The van der Waals surface area contributed by atoms with Crippen LogP contribution in [-0.4, -0.2) is 6.54 Å². The van der Waals surface area contributed by atoms with Crippen molar-refractivity contribution in [1.29, 1.82) is 0 Å². The summed E-state index contributed by atoms with van der Waals surface area (Å²) in [5.74, 6) is 1.48. The van der Waals surface area contributed by atoms with Gasteiger partial charge in [0, 0.05) is 12.6 Å². The first kappa shape index (κ1) is 16.0. The number of benzene rings is 2. The topological polar surface area (TPSA) is 21.3 Å². The third-order valence-electron chi connectivity index (χ3n) is 2.93. The summed E-state index contributed by atoms with van der Waals surface area (Å²) >= 11 is 3.35. The fraction of sp³-hybridized carbons (Fsp3) is 0.294. The molecule has 0 unspecified atom stereocenters. The van der Waals surface area contributed by atoms with Crippen LogP contribution in [0, 0.1) is 11.7 Å². The zero-order valence-electron chi connectivity index (χ0n) is 12.2. The fourth-order valence-electron chi connectivity index (χ4n) is 1.86. The molecule has 2 nitrogen and oxygen atoms in total. The summed E-state index contributed by atoms with van der Waals surface area (Å²) in [5.41, 5.74) is 1.20. The average Bonchev–Trinajstić information content (AvgIpc) is 2.44. The lowest BCUT2D eigenvalue weighted by Gasteiger charge is -2.10. The van der Waals surface area contributed by atoms with Crippen molar-refractivity contribution in [2.45, 2.75) is 20.4 Å². The van der Waals surface area contributed by atoms with Gasteiger partial charge < -0.3 is 10.1 Å². The van der Waals surface area contributed by atoms with Crippen LogP contribution in [0.1, 0.15) is 19.4 Å². The molecule has 0 aliphatic carbocycles. The molecular weight excluding hydrogens is 333 g/mol. The second-order valence-corrected chi connectivity index (χ2v) is 6.20. The maximum atomic E-state index is 13.2. The molecule has 0 saturated carbocycles. The molecule has 0 aliphatic heterocycles. The first-order chi connectivity index (χ1) is 10.0. The Kier molecular flexibility index (Phi) is 5.76. The van der Waals surface area contributed by atoms with Crippen LogP contribution in [0.3, 0.4) is 0 Å². The molecule has 0 amide bonds. The molecule has 0 radical (unpaired) electrons. The third-order valence-corrected chi connectivity index (χ3v) is 3.58. The van der Waals surface area contributed by atoms with Crippen LogP contribution in [0.4, 0.5) is 4.39 Å². The molecule has 0 saturated heterocycles. The molecule has 0 fully saturated rings. The van der Waals surface area contributed by atoms with E-state index in [1.54, 1.807) is 6.07 Å². The normalized spacial score (nSPS) is 10.9. The van der Waals surface area contributed by atoms with Crippen molar-refractivity contribution < 1.29 is 9.13 Å². The molecular formula is C17H19BrFNO. The van der Waals surface area contributed by atoms with Gasteiger partial charge in [-0.05, 0) is 58.2 Å². The van der Waals surface area contributed by atoms with Gasteiger partial charge >= 0.3 is 0 Å². The van der Waals surface area contributed by atoms with Gasteiger partial charge in [0.25, 0.3) is 0 Å². The zero-order chi connectivity index (χ0) is 15.2.